The molecule has 0 bridgehead atoms. The number of hydrogen-bond acceptors (Lipinski definition) is 4. The van der Waals surface area contributed by atoms with Gasteiger partial charge in [-0.15, -0.1) is 0 Å². The molecule has 0 aromatic rings. The van der Waals surface area contributed by atoms with Crippen LogP contribution in [0.1, 0.15) is 123 Å². The van der Waals surface area contributed by atoms with Crippen molar-refractivity contribution < 1.29 is 14.4 Å². The van der Waals surface area contributed by atoms with E-state index in [0.717, 1.165) is 25.7 Å². The number of primary amides is 1. The van der Waals surface area contributed by atoms with Crippen LogP contribution in [-0.2, 0) is 14.4 Å². The average molecular weight is 455 g/mol. The molecule has 0 fully saturated rings. The highest BCUT2D eigenvalue weighted by molar-refractivity contribution is 5.91. The lowest BCUT2D eigenvalue weighted by molar-refractivity contribution is -0.131. The molecule has 0 aromatic carbocycles. The van der Waals surface area contributed by atoms with Gasteiger partial charge in [-0.2, -0.15) is 0 Å². The lowest BCUT2D eigenvalue weighted by Crippen LogP contribution is -2.51. The highest BCUT2D eigenvalue weighted by Gasteiger charge is 2.22. The molecule has 0 aliphatic carbocycles. The van der Waals surface area contributed by atoms with Gasteiger partial charge in [0.2, 0.25) is 17.7 Å². The Labute approximate surface area is 196 Å². The van der Waals surface area contributed by atoms with Crippen LogP contribution in [0, 0.1) is 0 Å². The minimum Gasteiger partial charge on any atom is -0.368 e. The van der Waals surface area contributed by atoms with Crippen molar-refractivity contribution in [2.24, 2.45) is 11.5 Å². The van der Waals surface area contributed by atoms with E-state index in [0.29, 0.717) is 25.8 Å². The molecule has 0 rings (SSSR count). The average Bonchev–Trinajstić information content (AvgIpc) is 2.76. The predicted molar refractivity (Wildman–Crippen MR) is 132 cm³/mol. The summed E-state index contributed by atoms with van der Waals surface area (Å²) in [7, 11) is 0. The van der Waals surface area contributed by atoms with E-state index in [2.05, 4.69) is 17.6 Å². The van der Waals surface area contributed by atoms with Gasteiger partial charge in [-0.1, -0.05) is 84.0 Å². The second kappa shape index (κ2) is 21.2. The third kappa shape index (κ3) is 18.0. The zero-order valence-corrected chi connectivity index (χ0v) is 20.8. The topological polar surface area (TPSA) is 127 Å². The summed E-state index contributed by atoms with van der Waals surface area (Å²) in [5, 5.41) is 5.34. The molecule has 0 unspecified atom stereocenters. The summed E-state index contributed by atoms with van der Waals surface area (Å²) in [6.45, 7) is 4.40. The van der Waals surface area contributed by atoms with Crippen LogP contribution in [0.15, 0.2) is 0 Å². The molecule has 6 N–H and O–H groups in total. The van der Waals surface area contributed by atoms with Gasteiger partial charge in [-0.3, -0.25) is 14.4 Å². The largest absolute Gasteiger partial charge is 0.368 e. The van der Waals surface area contributed by atoms with Crippen LogP contribution in [0.4, 0.5) is 0 Å². The lowest BCUT2D eigenvalue weighted by Gasteiger charge is -2.19. The Kier molecular flexibility index (Phi) is 20.1. The van der Waals surface area contributed by atoms with Gasteiger partial charge in [0.1, 0.15) is 12.1 Å². The Morgan fingerprint density at radius 1 is 0.719 bits per heavy atom. The fourth-order valence-electron chi connectivity index (χ4n) is 3.76. The van der Waals surface area contributed by atoms with Crippen LogP contribution in [0.5, 0.6) is 0 Å². The van der Waals surface area contributed by atoms with Gasteiger partial charge >= 0.3 is 0 Å². The zero-order chi connectivity index (χ0) is 24.0. The van der Waals surface area contributed by atoms with E-state index in [1.807, 2.05) is 0 Å². The summed E-state index contributed by atoms with van der Waals surface area (Å²) in [6.07, 6.45) is 18.8. The summed E-state index contributed by atoms with van der Waals surface area (Å²) in [4.78, 5) is 35.9. The Balaban J connectivity index is 3.75. The molecule has 0 aliphatic heterocycles. The number of nitrogens with one attached hydrogen (secondary N) is 2. The van der Waals surface area contributed by atoms with Crippen molar-refractivity contribution in [3.63, 3.8) is 0 Å². The second-order valence-electron chi connectivity index (χ2n) is 9.03. The number of carbonyl (C=O) groups is 3. The van der Waals surface area contributed by atoms with Crippen molar-refractivity contribution in [2.45, 2.75) is 135 Å². The Hall–Kier alpha value is -1.63. The van der Waals surface area contributed by atoms with Crippen molar-refractivity contribution >= 4 is 17.7 Å². The summed E-state index contributed by atoms with van der Waals surface area (Å²) in [5.74, 6) is -1.09. The lowest BCUT2D eigenvalue weighted by atomic mass is 10.0. The molecule has 7 heteroatoms. The summed E-state index contributed by atoms with van der Waals surface area (Å²) in [5.41, 5.74) is 10.8. The number of unbranched alkanes of at least 4 members (excludes halogenated alkanes) is 13. The number of nitrogens with two attached hydrogens (primary N) is 2. The normalized spacial score (nSPS) is 12.8. The molecule has 2 atom stereocenters. The van der Waals surface area contributed by atoms with Crippen molar-refractivity contribution in [2.75, 3.05) is 6.54 Å². The van der Waals surface area contributed by atoms with Gasteiger partial charge in [0.05, 0.1) is 0 Å². The van der Waals surface area contributed by atoms with E-state index in [-0.39, 0.29) is 11.8 Å². The van der Waals surface area contributed by atoms with Gasteiger partial charge in [-0.05, 0) is 39.2 Å². The fraction of sp³-hybridized carbons (Fsp3) is 0.880. The van der Waals surface area contributed by atoms with E-state index < -0.39 is 18.0 Å². The monoisotopic (exact) mass is 454 g/mol. The highest BCUT2D eigenvalue weighted by atomic mass is 16.2. The fourth-order valence-corrected chi connectivity index (χ4v) is 3.76. The number of amides is 3. The molecule has 0 saturated heterocycles. The number of carbonyl (C=O) groups excluding carboxylic acids is 3. The molecular weight excluding hydrogens is 404 g/mol. The van der Waals surface area contributed by atoms with Crippen molar-refractivity contribution in [1.82, 2.24) is 10.6 Å². The van der Waals surface area contributed by atoms with E-state index in [1.165, 1.54) is 64.2 Å². The van der Waals surface area contributed by atoms with Crippen LogP contribution in [-0.4, -0.2) is 36.3 Å². The molecule has 0 saturated carbocycles. The maximum Gasteiger partial charge on any atom is 0.242 e. The molecule has 3 amide bonds. The maximum absolute atomic E-state index is 12.3. The Morgan fingerprint density at radius 3 is 1.69 bits per heavy atom. The van der Waals surface area contributed by atoms with Crippen molar-refractivity contribution in [3.05, 3.63) is 0 Å². The number of rotatable bonds is 22. The quantitative estimate of drug-likeness (QED) is 0.184. The Morgan fingerprint density at radius 2 is 1.22 bits per heavy atom. The maximum atomic E-state index is 12.3. The SMILES string of the molecule is CCCCCCCCCCCCCCCC(=O)N[C@H](C)C(=O)N[C@@H](CCCCN)C(N)=O. The smallest absolute Gasteiger partial charge is 0.242 e. The van der Waals surface area contributed by atoms with Crippen molar-refractivity contribution in [3.8, 4) is 0 Å². The van der Waals surface area contributed by atoms with E-state index >= 15 is 0 Å². The van der Waals surface area contributed by atoms with Crippen LogP contribution < -0.4 is 22.1 Å². The first-order valence-electron chi connectivity index (χ1n) is 13.0. The van der Waals surface area contributed by atoms with E-state index in [9.17, 15) is 14.4 Å². The summed E-state index contributed by atoms with van der Waals surface area (Å²) < 4.78 is 0. The number of hydrogen-bond donors (Lipinski definition) is 4. The van der Waals surface area contributed by atoms with Gasteiger partial charge in [0, 0.05) is 6.42 Å². The standard InChI is InChI=1S/C25H50N4O3/c1-3-4-5-6-7-8-9-10-11-12-13-14-15-19-23(30)28-21(2)25(32)29-22(24(27)31)18-16-17-20-26/h21-22H,3-20,26H2,1-2H3,(H2,27,31)(H,28,30)(H,29,32)/t21-,22+/m1/s1. The highest BCUT2D eigenvalue weighted by Crippen LogP contribution is 2.13. The summed E-state index contributed by atoms with van der Waals surface area (Å²) >= 11 is 0. The van der Waals surface area contributed by atoms with Crippen LogP contribution in [0.2, 0.25) is 0 Å². The Bertz CT molecular complexity index is 500. The first-order valence-corrected chi connectivity index (χ1v) is 13.0. The minimum absolute atomic E-state index is 0.130. The molecule has 0 heterocycles. The zero-order valence-electron chi connectivity index (χ0n) is 20.8. The molecule has 0 radical (unpaired) electrons. The molecule has 0 aliphatic rings. The first-order chi connectivity index (χ1) is 15.4. The van der Waals surface area contributed by atoms with Crippen LogP contribution >= 0.6 is 0 Å². The van der Waals surface area contributed by atoms with E-state index in [1.54, 1.807) is 6.92 Å². The molecule has 32 heavy (non-hydrogen) atoms. The third-order valence-corrected chi connectivity index (χ3v) is 5.89. The summed E-state index contributed by atoms with van der Waals surface area (Å²) in [6, 6.07) is -1.42. The molecule has 0 aromatic heterocycles. The van der Waals surface area contributed by atoms with Crippen LogP contribution in [0.25, 0.3) is 0 Å². The van der Waals surface area contributed by atoms with E-state index in [4.69, 9.17) is 11.5 Å². The third-order valence-electron chi connectivity index (χ3n) is 5.89. The second-order valence-corrected chi connectivity index (χ2v) is 9.03. The molecule has 0 spiro atoms. The molecule has 7 nitrogen and oxygen atoms in total. The molecule has 188 valence electrons. The van der Waals surface area contributed by atoms with Gasteiger partial charge in [0.15, 0.2) is 0 Å². The predicted octanol–water partition coefficient (Wildman–Crippen LogP) is 4.07. The van der Waals surface area contributed by atoms with Gasteiger partial charge in [0.25, 0.3) is 0 Å². The van der Waals surface area contributed by atoms with Crippen LogP contribution in [0.3, 0.4) is 0 Å². The first kappa shape index (κ1) is 30.4. The molecular formula is C25H50N4O3. The van der Waals surface area contributed by atoms with Gasteiger partial charge < -0.3 is 22.1 Å². The van der Waals surface area contributed by atoms with Crippen molar-refractivity contribution in [1.29, 1.82) is 0 Å². The minimum atomic E-state index is -0.727. The van der Waals surface area contributed by atoms with Gasteiger partial charge in [-0.25, -0.2) is 0 Å².